The van der Waals surface area contributed by atoms with Gasteiger partial charge in [-0.15, -0.1) is 6.42 Å². The minimum Gasteiger partial charge on any atom is -0.305 e. The molecule has 0 saturated heterocycles. The highest BCUT2D eigenvalue weighted by molar-refractivity contribution is 7.92. The molecule has 0 spiro atoms. The van der Waals surface area contributed by atoms with Crippen molar-refractivity contribution >= 4 is 37.3 Å². The van der Waals surface area contributed by atoms with E-state index in [4.69, 9.17) is 6.42 Å². The number of carbonyl (C=O) groups excluding carboxylic acids is 1. The van der Waals surface area contributed by atoms with Crippen LogP contribution in [-0.4, -0.2) is 24.6 Å². The van der Waals surface area contributed by atoms with E-state index in [0.717, 1.165) is 26.9 Å². The number of hydrogen-bond acceptors (Lipinski definition) is 4. The molecule has 0 atom stereocenters. The molecule has 5 nitrogen and oxygen atoms in total. The highest BCUT2D eigenvalue weighted by atomic mass is 32.2. The van der Waals surface area contributed by atoms with E-state index in [1.807, 2.05) is 32.9 Å². The van der Waals surface area contributed by atoms with E-state index in [0.29, 0.717) is 4.80 Å². The Hall–Kier alpha value is -2.69. The number of terminal acetylenes is 1. The highest BCUT2D eigenvalue weighted by Crippen LogP contribution is 2.22. The molecule has 0 unspecified atom stereocenters. The summed E-state index contributed by atoms with van der Waals surface area (Å²) in [5.74, 6) is 1.17. The number of sulfone groups is 1. The first-order valence-electron chi connectivity index (χ1n) is 8.62. The molecule has 1 heterocycles. The maximum Gasteiger partial charge on any atom is 0.263 e. The maximum atomic E-state index is 12.5. The Bertz CT molecular complexity index is 1270. The SMILES string of the molecule is C#CCn1c(=NC(=O)CS(=O)(=O)c2ccc(C)cc2)sc2cc(C)c(C)cc21. The number of thiazole rings is 1. The lowest BCUT2D eigenvalue weighted by Crippen LogP contribution is -2.20. The van der Waals surface area contributed by atoms with Crippen LogP contribution in [0.3, 0.4) is 0 Å². The van der Waals surface area contributed by atoms with Gasteiger partial charge in [0.15, 0.2) is 14.6 Å². The van der Waals surface area contributed by atoms with Gasteiger partial charge in [-0.25, -0.2) is 8.42 Å². The summed E-state index contributed by atoms with van der Waals surface area (Å²) in [6.07, 6.45) is 5.48. The van der Waals surface area contributed by atoms with Crippen molar-refractivity contribution in [1.29, 1.82) is 0 Å². The molecule has 0 aliphatic heterocycles. The van der Waals surface area contributed by atoms with E-state index in [9.17, 15) is 13.2 Å². The minimum absolute atomic E-state index is 0.112. The second kappa shape index (κ2) is 7.74. The van der Waals surface area contributed by atoms with Gasteiger partial charge >= 0.3 is 0 Å². The van der Waals surface area contributed by atoms with Crippen molar-refractivity contribution in [2.24, 2.45) is 4.99 Å². The Morgan fingerprint density at radius 3 is 2.43 bits per heavy atom. The molecule has 3 rings (SSSR count). The van der Waals surface area contributed by atoms with E-state index in [1.54, 1.807) is 16.7 Å². The van der Waals surface area contributed by atoms with E-state index in [2.05, 4.69) is 10.9 Å². The summed E-state index contributed by atoms with van der Waals surface area (Å²) < 4.78 is 27.7. The van der Waals surface area contributed by atoms with E-state index in [1.165, 1.54) is 23.5 Å². The number of aromatic nitrogens is 1. The van der Waals surface area contributed by atoms with Crippen molar-refractivity contribution in [3.05, 3.63) is 57.9 Å². The zero-order chi connectivity index (χ0) is 20.5. The molecule has 0 N–H and O–H groups in total. The van der Waals surface area contributed by atoms with Gasteiger partial charge in [0.1, 0.15) is 5.75 Å². The third-order valence-corrected chi connectivity index (χ3v) is 7.12. The second-order valence-corrected chi connectivity index (χ2v) is 9.66. The van der Waals surface area contributed by atoms with Gasteiger partial charge in [-0.05, 0) is 56.2 Å². The molecule has 0 saturated carbocycles. The Labute approximate surface area is 168 Å². The maximum absolute atomic E-state index is 12.5. The first-order chi connectivity index (χ1) is 13.2. The third-order valence-electron chi connectivity index (χ3n) is 4.46. The molecule has 3 aromatic rings. The summed E-state index contributed by atoms with van der Waals surface area (Å²) in [5, 5.41) is 0. The number of hydrogen-bond donors (Lipinski definition) is 0. The van der Waals surface area contributed by atoms with Crippen LogP contribution in [0, 0.1) is 33.1 Å². The fourth-order valence-electron chi connectivity index (χ4n) is 2.78. The average molecular weight is 413 g/mol. The van der Waals surface area contributed by atoms with Crippen LogP contribution in [0.25, 0.3) is 10.2 Å². The van der Waals surface area contributed by atoms with Gasteiger partial charge in [-0.3, -0.25) is 4.79 Å². The molecule has 0 aliphatic rings. The number of rotatable bonds is 4. The largest absolute Gasteiger partial charge is 0.305 e. The van der Waals surface area contributed by atoms with Crippen LogP contribution in [0.4, 0.5) is 0 Å². The molecule has 1 amide bonds. The fraction of sp³-hybridized carbons (Fsp3) is 0.238. The minimum atomic E-state index is -3.75. The predicted octanol–water partition coefficient (Wildman–Crippen LogP) is 3.16. The molecular weight excluding hydrogens is 392 g/mol. The smallest absolute Gasteiger partial charge is 0.263 e. The molecule has 0 radical (unpaired) electrons. The average Bonchev–Trinajstić information content (AvgIpc) is 2.92. The zero-order valence-corrected chi connectivity index (χ0v) is 17.5. The van der Waals surface area contributed by atoms with E-state index in [-0.39, 0.29) is 11.4 Å². The molecule has 0 fully saturated rings. The van der Waals surface area contributed by atoms with Crippen LogP contribution in [0.2, 0.25) is 0 Å². The number of amides is 1. The van der Waals surface area contributed by atoms with Crippen molar-refractivity contribution in [2.45, 2.75) is 32.2 Å². The molecule has 144 valence electrons. The first-order valence-corrected chi connectivity index (χ1v) is 11.1. The quantitative estimate of drug-likeness (QED) is 0.618. The Kier molecular flexibility index (Phi) is 5.54. The summed E-state index contributed by atoms with van der Waals surface area (Å²) in [5.41, 5.74) is 4.07. The second-order valence-electron chi connectivity index (χ2n) is 6.66. The number of benzene rings is 2. The Morgan fingerprint density at radius 1 is 1.14 bits per heavy atom. The lowest BCUT2D eigenvalue weighted by Gasteiger charge is -2.04. The molecular formula is C21H20N2O3S2. The van der Waals surface area contributed by atoms with Crippen LogP contribution < -0.4 is 4.80 Å². The van der Waals surface area contributed by atoms with Crippen molar-refractivity contribution < 1.29 is 13.2 Å². The number of fused-ring (bicyclic) bond motifs is 1. The fourth-order valence-corrected chi connectivity index (χ4v) is 5.02. The summed E-state index contributed by atoms with van der Waals surface area (Å²) in [6.45, 7) is 6.13. The summed E-state index contributed by atoms with van der Waals surface area (Å²) in [6, 6.07) is 10.4. The molecule has 28 heavy (non-hydrogen) atoms. The number of carbonyl (C=O) groups is 1. The normalized spacial score (nSPS) is 12.3. The van der Waals surface area contributed by atoms with Gasteiger partial charge in [0.05, 0.1) is 21.7 Å². The van der Waals surface area contributed by atoms with Gasteiger partial charge in [0, 0.05) is 0 Å². The van der Waals surface area contributed by atoms with Crippen molar-refractivity contribution in [3.8, 4) is 12.3 Å². The summed E-state index contributed by atoms with van der Waals surface area (Å²) >= 11 is 1.32. The standard InChI is InChI=1S/C21H20N2O3S2/c1-5-10-23-18-11-15(3)16(4)12-19(18)27-21(23)22-20(24)13-28(25,26)17-8-6-14(2)7-9-17/h1,6-9,11-12H,10,13H2,2-4H3. The van der Waals surface area contributed by atoms with E-state index >= 15 is 0 Å². The first kappa shape index (κ1) is 20.1. The molecule has 7 heteroatoms. The predicted molar refractivity (Wildman–Crippen MR) is 112 cm³/mol. The summed E-state index contributed by atoms with van der Waals surface area (Å²) in [7, 11) is -3.75. The van der Waals surface area contributed by atoms with Crippen molar-refractivity contribution in [2.75, 3.05) is 5.75 Å². The van der Waals surface area contributed by atoms with Crippen molar-refractivity contribution in [3.63, 3.8) is 0 Å². The topological polar surface area (TPSA) is 68.5 Å². The number of nitrogens with zero attached hydrogens (tertiary/aromatic N) is 2. The lowest BCUT2D eigenvalue weighted by atomic mass is 10.1. The van der Waals surface area contributed by atoms with Gasteiger partial charge < -0.3 is 4.57 Å². The van der Waals surface area contributed by atoms with Crippen LogP contribution in [-0.2, 0) is 21.2 Å². The van der Waals surface area contributed by atoms with E-state index < -0.39 is 21.5 Å². The number of aryl methyl sites for hydroxylation is 3. The molecule has 0 aliphatic carbocycles. The van der Waals surface area contributed by atoms with Crippen LogP contribution in [0.15, 0.2) is 46.3 Å². The van der Waals surface area contributed by atoms with Crippen LogP contribution in [0.1, 0.15) is 16.7 Å². The Morgan fingerprint density at radius 2 is 1.79 bits per heavy atom. The Balaban J connectivity index is 2.01. The van der Waals surface area contributed by atoms with Crippen molar-refractivity contribution in [1.82, 2.24) is 4.57 Å². The summed E-state index contributed by atoms with van der Waals surface area (Å²) in [4.78, 5) is 17.0. The molecule has 0 bridgehead atoms. The third kappa shape index (κ3) is 4.08. The zero-order valence-electron chi connectivity index (χ0n) is 15.9. The van der Waals surface area contributed by atoms with Gasteiger partial charge in [-0.1, -0.05) is 35.0 Å². The molecule has 2 aromatic carbocycles. The van der Waals surface area contributed by atoms with Gasteiger partial charge in [0.25, 0.3) is 5.91 Å². The molecule has 1 aromatic heterocycles. The van der Waals surface area contributed by atoms with Gasteiger partial charge in [-0.2, -0.15) is 4.99 Å². The van der Waals surface area contributed by atoms with Crippen LogP contribution >= 0.6 is 11.3 Å². The highest BCUT2D eigenvalue weighted by Gasteiger charge is 2.19. The van der Waals surface area contributed by atoms with Gasteiger partial charge in [0.2, 0.25) is 0 Å². The monoisotopic (exact) mass is 412 g/mol. The van der Waals surface area contributed by atoms with Crippen LogP contribution in [0.5, 0.6) is 0 Å². The lowest BCUT2D eigenvalue weighted by molar-refractivity contribution is -0.115.